The Morgan fingerprint density at radius 2 is 2.05 bits per heavy atom. The maximum atomic E-state index is 12.0. The minimum atomic E-state index is -0.520. The van der Waals surface area contributed by atoms with Crippen molar-refractivity contribution in [1.82, 2.24) is 4.98 Å². The highest BCUT2D eigenvalue weighted by Crippen LogP contribution is 2.33. The zero-order valence-electron chi connectivity index (χ0n) is 11.7. The van der Waals surface area contributed by atoms with Gasteiger partial charge in [0, 0.05) is 21.4 Å². The van der Waals surface area contributed by atoms with Crippen molar-refractivity contribution in [3.05, 3.63) is 28.4 Å². The van der Waals surface area contributed by atoms with Gasteiger partial charge in [0.15, 0.2) is 5.75 Å². The number of rotatable bonds is 3. The Morgan fingerprint density at radius 1 is 1.35 bits per heavy atom. The lowest BCUT2D eigenvalue weighted by Gasteiger charge is -2.15. The van der Waals surface area contributed by atoms with Crippen molar-refractivity contribution < 1.29 is 9.53 Å². The number of esters is 1. The van der Waals surface area contributed by atoms with Gasteiger partial charge in [0.25, 0.3) is 0 Å². The highest BCUT2D eigenvalue weighted by atomic mass is 79.9. The molecule has 0 aliphatic heterocycles. The molecule has 1 aromatic heterocycles. The van der Waals surface area contributed by atoms with E-state index < -0.39 is 5.41 Å². The van der Waals surface area contributed by atoms with Crippen LogP contribution in [0.3, 0.4) is 0 Å². The van der Waals surface area contributed by atoms with Gasteiger partial charge in [-0.25, -0.2) is 0 Å². The molecule has 1 heterocycles. The minimum Gasteiger partial charge on any atom is -0.424 e. The number of fused-ring (bicyclic) bond motifs is 1. The van der Waals surface area contributed by atoms with Gasteiger partial charge in [-0.2, -0.15) is 0 Å². The van der Waals surface area contributed by atoms with Gasteiger partial charge in [-0.1, -0.05) is 15.9 Å². The standard InChI is InChI=1S/C15H17Br2NO2/c1-15(2,3)14(19)20-12-8-18-13-10(12)6-9(4-5-16)7-11(13)17/h6-8,18H,4-5H2,1-3H3. The number of aromatic amines is 1. The Balaban J connectivity index is 2.42. The van der Waals surface area contributed by atoms with Crippen LogP contribution in [0, 0.1) is 5.41 Å². The third-order valence-electron chi connectivity index (χ3n) is 2.96. The average molecular weight is 403 g/mol. The number of benzene rings is 1. The molecule has 5 heteroatoms. The van der Waals surface area contributed by atoms with E-state index in [1.807, 2.05) is 20.8 Å². The predicted molar refractivity (Wildman–Crippen MR) is 88.6 cm³/mol. The number of aryl methyl sites for hydroxylation is 1. The maximum absolute atomic E-state index is 12.0. The van der Waals surface area contributed by atoms with Crippen molar-refractivity contribution in [2.45, 2.75) is 27.2 Å². The van der Waals surface area contributed by atoms with Crippen LogP contribution in [0.1, 0.15) is 26.3 Å². The second-order valence-electron chi connectivity index (χ2n) is 5.73. The summed E-state index contributed by atoms with van der Waals surface area (Å²) in [6.45, 7) is 5.53. The van der Waals surface area contributed by atoms with Crippen LogP contribution in [0.2, 0.25) is 0 Å². The van der Waals surface area contributed by atoms with Gasteiger partial charge in [-0.05, 0) is 60.8 Å². The maximum Gasteiger partial charge on any atom is 0.316 e. The van der Waals surface area contributed by atoms with Crippen molar-refractivity contribution in [2.24, 2.45) is 5.41 Å². The van der Waals surface area contributed by atoms with Crippen molar-refractivity contribution in [3.63, 3.8) is 0 Å². The molecule has 1 N–H and O–H groups in total. The number of ether oxygens (including phenoxy) is 1. The van der Waals surface area contributed by atoms with E-state index in [1.54, 1.807) is 6.20 Å². The fourth-order valence-corrected chi connectivity index (χ4v) is 2.89. The number of hydrogen-bond donors (Lipinski definition) is 1. The van der Waals surface area contributed by atoms with Crippen LogP contribution in [-0.2, 0) is 11.2 Å². The van der Waals surface area contributed by atoms with Crippen LogP contribution in [0.5, 0.6) is 5.75 Å². The molecule has 0 saturated carbocycles. The van der Waals surface area contributed by atoms with E-state index in [1.165, 1.54) is 5.56 Å². The lowest BCUT2D eigenvalue weighted by Crippen LogP contribution is -2.25. The van der Waals surface area contributed by atoms with E-state index in [4.69, 9.17) is 4.74 Å². The summed E-state index contributed by atoms with van der Waals surface area (Å²) in [6.07, 6.45) is 2.66. The van der Waals surface area contributed by atoms with Crippen molar-refractivity contribution in [1.29, 1.82) is 0 Å². The number of carbonyl (C=O) groups is 1. The molecule has 0 amide bonds. The summed E-state index contributed by atoms with van der Waals surface area (Å²) in [7, 11) is 0. The smallest absolute Gasteiger partial charge is 0.316 e. The number of nitrogens with one attached hydrogen (secondary N) is 1. The van der Waals surface area contributed by atoms with Crippen LogP contribution < -0.4 is 4.74 Å². The van der Waals surface area contributed by atoms with E-state index in [-0.39, 0.29) is 5.97 Å². The number of halogens is 2. The molecule has 2 aromatic rings. The Kier molecular flexibility index (Phi) is 4.59. The van der Waals surface area contributed by atoms with Crippen LogP contribution in [0.25, 0.3) is 10.9 Å². The van der Waals surface area contributed by atoms with E-state index in [0.717, 1.165) is 27.1 Å². The molecule has 0 atom stereocenters. The fraction of sp³-hybridized carbons (Fsp3) is 0.400. The van der Waals surface area contributed by atoms with Crippen molar-refractivity contribution >= 4 is 48.7 Å². The molecule has 0 radical (unpaired) electrons. The molecule has 3 nitrogen and oxygen atoms in total. The average Bonchev–Trinajstić information content (AvgIpc) is 2.72. The monoisotopic (exact) mass is 401 g/mol. The summed E-state index contributed by atoms with van der Waals surface area (Å²) in [5, 5.41) is 1.82. The molecule has 0 aliphatic rings. The van der Waals surface area contributed by atoms with Gasteiger partial charge in [0.2, 0.25) is 0 Å². The van der Waals surface area contributed by atoms with E-state index in [0.29, 0.717) is 5.75 Å². The first kappa shape index (κ1) is 15.6. The molecular weight excluding hydrogens is 386 g/mol. The molecule has 0 bridgehead atoms. The fourth-order valence-electron chi connectivity index (χ4n) is 1.81. The van der Waals surface area contributed by atoms with Gasteiger partial charge >= 0.3 is 5.97 Å². The normalized spacial score (nSPS) is 11.8. The van der Waals surface area contributed by atoms with Crippen molar-refractivity contribution in [3.8, 4) is 5.75 Å². The van der Waals surface area contributed by atoms with Crippen LogP contribution >= 0.6 is 31.9 Å². The molecule has 108 valence electrons. The molecular formula is C15H17Br2NO2. The summed E-state index contributed by atoms with van der Waals surface area (Å²) < 4.78 is 6.49. The highest BCUT2D eigenvalue weighted by molar-refractivity contribution is 9.10. The van der Waals surface area contributed by atoms with Gasteiger partial charge < -0.3 is 9.72 Å². The lowest BCUT2D eigenvalue weighted by atomic mass is 9.97. The molecule has 20 heavy (non-hydrogen) atoms. The summed E-state index contributed by atoms with van der Waals surface area (Å²) in [4.78, 5) is 15.2. The molecule has 0 saturated heterocycles. The van der Waals surface area contributed by atoms with Crippen molar-refractivity contribution in [2.75, 3.05) is 5.33 Å². The van der Waals surface area contributed by atoms with E-state index in [2.05, 4.69) is 49.0 Å². The molecule has 0 spiro atoms. The number of hydrogen-bond acceptors (Lipinski definition) is 2. The number of aromatic nitrogens is 1. The van der Waals surface area contributed by atoms with Crippen LogP contribution in [0.15, 0.2) is 22.8 Å². The summed E-state index contributed by atoms with van der Waals surface area (Å²) in [6, 6.07) is 4.14. The van der Waals surface area contributed by atoms with Crippen LogP contribution in [-0.4, -0.2) is 16.3 Å². The highest BCUT2D eigenvalue weighted by Gasteiger charge is 2.25. The first-order valence-electron chi connectivity index (χ1n) is 6.40. The Hall–Kier alpha value is -0.810. The Morgan fingerprint density at radius 3 is 2.65 bits per heavy atom. The number of alkyl halides is 1. The lowest BCUT2D eigenvalue weighted by molar-refractivity contribution is -0.142. The second kappa shape index (κ2) is 5.90. The molecule has 0 aliphatic carbocycles. The molecule has 0 unspecified atom stereocenters. The number of H-pyrrole nitrogens is 1. The minimum absolute atomic E-state index is 0.236. The molecule has 2 rings (SSSR count). The van der Waals surface area contributed by atoms with E-state index in [9.17, 15) is 4.79 Å². The van der Waals surface area contributed by atoms with E-state index >= 15 is 0 Å². The van der Waals surface area contributed by atoms with Gasteiger partial charge in [0.05, 0.1) is 10.9 Å². The first-order valence-corrected chi connectivity index (χ1v) is 8.32. The predicted octanol–water partition coefficient (Wildman–Crippen LogP) is 4.82. The summed E-state index contributed by atoms with van der Waals surface area (Å²) in [5.41, 5.74) is 1.61. The zero-order chi connectivity index (χ0) is 14.9. The summed E-state index contributed by atoms with van der Waals surface area (Å²) >= 11 is 6.99. The topological polar surface area (TPSA) is 42.1 Å². The Bertz CT molecular complexity index is 641. The molecule has 0 fully saturated rings. The number of carbonyl (C=O) groups excluding carboxylic acids is 1. The Labute approximate surface area is 135 Å². The quantitative estimate of drug-likeness (QED) is 0.590. The van der Waals surface area contributed by atoms with Gasteiger partial charge in [-0.3, -0.25) is 4.79 Å². The van der Waals surface area contributed by atoms with Gasteiger partial charge in [-0.15, -0.1) is 0 Å². The third-order valence-corrected chi connectivity index (χ3v) is 3.98. The van der Waals surface area contributed by atoms with Crippen LogP contribution in [0.4, 0.5) is 0 Å². The largest absolute Gasteiger partial charge is 0.424 e. The first-order chi connectivity index (χ1) is 9.32. The summed E-state index contributed by atoms with van der Waals surface area (Å²) in [5.74, 6) is 0.345. The zero-order valence-corrected chi connectivity index (χ0v) is 14.9. The van der Waals surface area contributed by atoms with Gasteiger partial charge in [0.1, 0.15) is 0 Å². The SMILES string of the molecule is CC(C)(C)C(=O)Oc1c[nH]c2c(Br)cc(CCBr)cc12. The molecule has 1 aromatic carbocycles. The third kappa shape index (κ3) is 3.26. The second-order valence-corrected chi connectivity index (χ2v) is 7.38.